The first-order chi connectivity index (χ1) is 9.51. The van der Waals surface area contributed by atoms with Crippen LogP contribution in [0.1, 0.15) is 38.1 Å². The Balaban J connectivity index is 2.80. The number of anilines is 1. The number of rotatable bonds is 3. The summed E-state index contributed by atoms with van der Waals surface area (Å²) in [6.45, 7) is 6.86. The molecular weight excluding hydrogens is 280 g/mol. The summed E-state index contributed by atoms with van der Waals surface area (Å²) in [5.41, 5.74) is 3.79. The lowest BCUT2D eigenvalue weighted by Crippen LogP contribution is -2.50. The first-order valence-corrected chi connectivity index (χ1v) is 6.38. The molecular formula is C14H19F2N3O2. The fourth-order valence-corrected chi connectivity index (χ4v) is 1.54. The molecule has 116 valence electrons. The third kappa shape index (κ3) is 4.70. The Kier molecular flexibility index (Phi) is 4.88. The minimum Gasteiger partial charge on any atom is -0.394 e. The molecule has 5 nitrogen and oxygen atoms in total. The summed E-state index contributed by atoms with van der Waals surface area (Å²) in [4.78, 5) is 23.7. The number of carbonyl (C=O) groups excluding carboxylic acids is 2. The molecule has 0 bridgehead atoms. The highest BCUT2D eigenvalue weighted by Gasteiger charge is 2.22. The predicted molar refractivity (Wildman–Crippen MR) is 75.6 cm³/mol. The van der Waals surface area contributed by atoms with Crippen LogP contribution in [0.5, 0.6) is 0 Å². The highest BCUT2D eigenvalue weighted by atomic mass is 19.1. The Morgan fingerprint density at radius 3 is 2.10 bits per heavy atom. The van der Waals surface area contributed by atoms with E-state index < -0.39 is 40.7 Å². The molecule has 0 fully saturated rings. The maximum absolute atomic E-state index is 13.3. The van der Waals surface area contributed by atoms with E-state index in [2.05, 4.69) is 10.6 Å². The molecule has 0 spiro atoms. The topological polar surface area (TPSA) is 84.2 Å². The van der Waals surface area contributed by atoms with Gasteiger partial charge in [0.15, 0.2) is 0 Å². The average Bonchev–Trinajstić information content (AvgIpc) is 2.32. The van der Waals surface area contributed by atoms with Crippen molar-refractivity contribution in [2.45, 2.75) is 39.3 Å². The molecule has 0 heterocycles. The quantitative estimate of drug-likeness (QED) is 0.741. The van der Waals surface area contributed by atoms with Gasteiger partial charge in [-0.1, -0.05) is 0 Å². The van der Waals surface area contributed by atoms with Gasteiger partial charge in [-0.25, -0.2) is 8.78 Å². The van der Waals surface area contributed by atoms with Gasteiger partial charge in [0.05, 0.1) is 0 Å². The Hall–Kier alpha value is -2.18. The Morgan fingerprint density at radius 2 is 1.67 bits per heavy atom. The summed E-state index contributed by atoms with van der Waals surface area (Å²) < 4.78 is 26.6. The molecule has 2 amide bonds. The molecule has 0 aliphatic heterocycles. The number of nitrogen functional groups attached to an aromatic ring is 1. The standard InChI is InChI=1S/C14H19F2N3O2/c1-7(12(20)19-14(2,3)4)18-13(21)8-5-9(15)11(17)10(16)6-8/h5-7H,17H2,1-4H3,(H,18,21)(H,19,20). The SMILES string of the molecule is CC(NC(=O)c1cc(F)c(N)c(F)c1)C(=O)NC(C)(C)C. The highest BCUT2D eigenvalue weighted by molar-refractivity contribution is 5.97. The van der Waals surface area contributed by atoms with Crippen LogP contribution in [0.25, 0.3) is 0 Å². The Labute approximate surface area is 121 Å². The van der Waals surface area contributed by atoms with Crippen molar-refractivity contribution in [2.24, 2.45) is 0 Å². The molecule has 1 aromatic carbocycles. The van der Waals surface area contributed by atoms with E-state index in [0.717, 1.165) is 12.1 Å². The molecule has 0 radical (unpaired) electrons. The number of nitrogens with two attached hydrogens (primary N) is 1. The van der Waals surface area contributed by atoms with E-state index in [9.17, 15) is 18.4 Å². The molecule has 0 saturated carbocycles. The monoisotopic (exact) mass is 299 g/mol. The van der Waals surface area contributed by atoms with Crippen molar-refractivity contribution in [1.29, 1.82) is 0 Å². The third-order valence-electron chi connectivity index (χ3n) is 2.58. The second kappa shape index (κ2) is 6.07. The number of amides is 2. The molecule has 0 saturated heterocycles. The number of hydrogen-bond donors (Lipinski definition) is 3. The summed E-state index contributed by atoms with van der Waals surface area (Å²) >= 11 is 0. The van der Waals surface area contributed by atoms with Crippen LogP contribution in [0.2, 0.25) is 0 Å². The minimum atomic E-state index is -1.02. The molecule has 1 aromatic rings. The van der Waals surface area contributed by atoms with Crippen LogP contribution >= 0.6 is 0 Å². The van der Waals surface area contributed by atoms with Crippen LogP contribution in [0.4, 0.5) is 14.5 Å². The normalized spacial score (nSPS) is 12.7. The van der Waals surface area contributed by atoms with E-state index >= 15 is 0 Å². The van der Waals surface area contributed by atoms with E-state index in [-0.39, 0.29) is 5.56 Å². The van der Waals surface area contributed by atoms with E-state index in [1.54, 1.807) is 20.8 Å². The van der Waals surface area contributed by atoms with Crippen molar-refractivity contribution in [3.8, 4) is 0 Å². The molecule has 1 unspecified atom stereocenters. The van der Waals surface area contributed by atoms with Crippen molar-refractivity contribution in [3.05, 3.63) is 29.3 Å². The van der Waals surface area contributed by atoms with Crippen LogP contribution in [0, 0.1) is 11.6 Å². The van der Waals surface area contributed by atoms with Crippen molar-refractivity contribution in [1.82, 2.24) is 10.6 Å². The summed E-state index contributed by atoms with van der Waals surface area (Å²) in [6.07, 6.45) is 0. The third-order valence-corrected chi connectivity index (χ3v) is 2.58. The van der Waals surface area contributed by atoms with Crippen LogP contribution in [-0.4, -0.2) is 23.4 Å². The molecule has 7 heteroatoms. The van der Waals surface area contributed by atoms with Gasteiger partial charge in [0, 0.05) is 11.1 Å². The van der Waals surface area contributed by atoms with Gasteiger partial charge in [-0.05, 0) is 39.8 Å². The van der Waals surface area contributed by atoms with Gasteiger partial charge >= 0.3 is 0 Å². The number of benzene rings is 1. The van der Waals surface area contributed by atoms with E-state index in [1.165, 1.54) is 6.92 Å². The highest BCUT2D eigenvalue weighted by Crippen LogP contribution is 2.17. The first-order valence-electron chi connectivity index (χ1n) is 6.38. The number of carbonyl (C=O) groups is 2. The smallest absolute Gasteiger partial charge is 0.252 e. The molecule has 0 aliphatic rings. The van der Waals surface area contributed by atoms with E-state index in [0.29, 0.717) is 0 Å². The van der Waals surface area contributed by atoms with E-state index in [4.69, 9.17) is 5.73 Å². The maximum Gasteiger partial charge on any atom is 0.252 e. The minimum absolute atomic E-state index is 0.241. The van der Waals surface area contributed by atoms with Gasteiger partial charge in [0.1, 0.15) is 23.4 Å². The summed E-state index contributed by atoms with van der Waals surface area (Å²) in [7, 11) is 0. The molecule has 4 N–H and O–H groups in total. The molecule has 21 heavy (non-hydrogen) atoms. The van der Waals surface area contributed by atoms with Crippen LogP contribution in [0.15, 0.2) is 12.1 Å². The van der Waals surface area contributed by atoms with Crippen molar-refractivity contribution in [2.75, 3.05) is 5.73 Å². The summed E-state index contributed by atoms with van der Waals surface area (Å²) in [5.74, 6) is -3.20. The zero-order valence-corrected chi connectivity index (χ0v) is 12.4. The summed E-state index contributed by atoms with van der Waals surface area (Å²) in [6, 6.07) is 0.796. The largest absolute Gasteiger partial charge is 0.394 e. The van der Waals surface area contributed by atoms with Crippen molar-refractivity contribution < 1.29 is 18.4 Å². The van der Waals surface area contributed by atoms with E-state index in [1.807, 2.05) is 0 Å². The first kappa shape index (κ1) is 16.9. The maximum atomic E-state index is 13.3. The lowest BCUT2D eigenvalue weighted by atomic mass is 10.1. The van der Waals surface area contributed by atoms with Gasteiger partial charge in [0.2, 0.25) is 5.91 Å². The van der Waals surface area contributed by atoms with Gasteiger partial charge in [-0.15, -0.1) is 0 Å². The lowest BCUT2D eigenvalue weighted by Gasteiger charge is -2.23. The number of nitrogens with one attached hydrogen (secondary N) is 2. The van der Waals surface area contributed by atoms with Gasteiger partial charge in [0.25, 0.3) is 5.91 Å². The second-order valence-electron chi connectivity index (χ2n) is 5.79. The Morgan fingerprint density at radius 1 is 1.19 bits per heavy atom. The molecule has 1 atom stereocenters. The molecule has 0 aromatic heterocycles. The summed E-state index contributed by atoms with van der Waals surface area (Å²) in [5, 5.41) is 5.05. The lowest BCUT2D eigenvalue weighted by molar-refractivity contribution is -0.124. The number of hydrogen-bond acceptors (Lipinski definition) is 3. The van der Waals surface area contributed by atoms with Crippen molar-refractivity contribution >= 4 is 17.5 Å². The predicted octanol–water partition coefficient (Wildman–Crippen LogP) is 1.58. The zero-order chi connectivity index (χ0) is 16.4. The Bertz CT molecular complexity index is 545. The molecule has 0 aliphatic carbocycles. The van der Waals surface area contributed by atoms with Gasteiger partial charge in [-0.2, -0.15) is 0 Å². The number of halogens is 2. The average molecular weight is 299 g/mol. The zero-order valence-electron chi connectivity index (χ0n) is 12.4. The van der Waals surface area contributed by atoms with Crippen LogP contribution in [0.3, 0.4) is 0 Å². The van der Waals surface area contributed by atoms with Gasteiger partial charge < -0.3 is 16.4 Å². The fourth-order valence-electron chi connectivity index (χ4n) is 1.54. The van der Waals surface area contributed by atoms with Crippen LogP contribution < -0.4 is 16.4 Å². The van der Waals surface area contributed by atoms with Crippen molar-refractivity contribution in [3.63, 3.8) is 0 Å². The van der Waals surface area contributed by atoms with Gasteiger partial charge in [-0.3, -0.25) is 9.59 Å². The molecule has 1 rings (SSSR count). The fraction of sp³-hybridized carbons (Fsp3) is 0.429. The second-order valence-corrected chi connectivity index (χ2v) is 5.79. The van der Waals surface area contributed by atoms with Crippen LogP contribution in [-0.2, 0) is 4.79 Å².